The van der Waals surface area contributed by atoms with E-state index in [1.54, 1.807) is 24.3 Å². The van der Waals surface area contributed by atoms with Crippen LogP contribution in [0.2, 0.25) is 0 Å². The van der Waals surface area contributed by atoms with Crippen LogP contribution in [0.5, 0.6) is 5.75 Å². The maximum Gasteiger partial charge on any atom is 0.360 e. The van der Waals surface area contributed by atoms with Gasteiger partial charge >= 0.3 is 11.4 Å². The molecule has 0 N–H and O–H groups in total. The zero-order valence-electron chi connectivity index (χ0n) is 13.3. The predicted molar refractivity (Wildman–Crippen MR) is 90.2 cm³/mol. The van der Waals surface area contributed by atoms with E-state index in [0.717, 1.165) is 11.1 Å². The lowest BCUT2D eigenvalue weighted by atomic mass is 10.2. The second-order valence-electron chi connectivity index (χ2n) is 5.01. The third-order valence-corrected chi connectivity index (χ3v) is 5.01. The molecule has 2 aromatic rings. The summed E-state index contributed by atoms with van der Waals surface area (Å²) >= 11 is -2.03. The van der Waals surface area contributed by atoms with Crippen molar-refractivity contribution in [3.63, 3.8) is 0 Å². The molecule has 2 rings (SSSR count). The van der Waals surface area contributed by atoms with Gasteiger partial charge in [-0.15, -0.1) is 0 Å². The summed E-state index contributed by atoms with van der Waals surface area (Å²) in [6.07, 6.45) is 0. The summed E-state index contributed by atoms with van der Waals surface area (Å²) in [5.74, 6) is 0.395. The molecule has 0 heterocycles. The van der Waals surface area contributed by atoms with Crippen molar-refractivity contribution in [2.45, 2.75) is 18.7 Å². The van der Waals surface area contributed by atoms with Gasteiger partial charge in [0.1, 0.15) is 5.75 Å². The van der Waals surface area contributed by atoms with Crippen molar-refractivity contribution >= 4 is 21.5 Å². The molecular formula is C16H18O6S2. The molecule has 130 valence electrons. The highest BCUT2D eigenvalue weighted by Crippen LogP contribution is 2.14. The van der Waals surface area contributed by atoms with Crippen molar-refractivity contribution in [2.24, 2.45) is 0 Å². The largest absolute Gasteiger partial charge is 0.380 e. The topological polar surface area (TPSA) is 78.9 Å². The zero-order chi connectivity index (χ0) is 17.6. The minimum atomic E-state index is -3.86. The summed E-state index contributed by atoms with van der Waals surface area (Å²) in [6, 6.07) is 13.2. The Labute approximate surface area is 144 Å². The maximum atomic E-state index is 11.9. The lowest BCUT2D eigenvalue weighted by Crippen LogP contribution is -2.14. The van der Waals surface area contributed by atoms with E-state index in [0.29, 0.717) is 5.75 Å². The minimum absolute atomic E-state index is 0.0603. The van der Waals surface area contributed by atoms with Crippen LogP contribution < -0.4 is 4.18 Å². The standard InChI is InChI=1S/C16H18O6S2/c1-13-3-7-15(8-4-13)22-23(17)20-11-12-21-24(18,19)16-9-5-14(2)6-10-16/h3-10H,11-12H2,1-2H3. The normalized spacial score (nSPS) is 12.8. The molecule has 0 saturated heterocycles. The van der Waals surface area contributed by atoms with E-state index < -0.39 is 21.5 Å². The van der Waals surface area contributed by atoms with Gasteiger partial charge in [0.25, 0.3) is 10.1 Å². The lowest BCUT2D eigenvalue weighted by molar-refractivity contribution is 0.222. The number of aryl methyl sites for hydroxylation is 2. The van der Waals surface area contributed by atoms with Crippen LogP contribution >= 0.6 is 0 Å². The Hall–Kier alpha value is -1.74. The first-order chi connectivity index (χ1) is 11.4. The number of rotatable bonds is 8. The molecule has 0 amide bonds. The van der Waals surface area contributed by atoms with Crippen LogP contribution in [0.4, 0.5) is 0 Å². The summed E-state index contributed by atoms with van der Waals surface area (Å²) in [4.78, 5) is 0.0603. The molecule has 1 atom stereocenters. The Kier molecular flexibility index (Phi) is 6.50. The molecule has 2 aromatic carbocycles. The molecule has 8 heteroatoms. The Morgan fingerprint density at radius 2 is 1.42 bits per heavy atom. The molecule has 6 nitrogen and oxygen atoms in total. The van der Waals surface area contributed by atoms with Crippen molar-refractivity contribution in [3.05, 3.63) is 59.7 Å². The van der Waals surface area contributed by atoms with Gasteiger partial charge in [-0.2, -0.15) is 12.6 Å². The Bertz CT molecular complexity index is 782. The van der Waals surface area contributed by atoms with Crippen LogP contribution in [-0.4, -0.2) is 25.8 Å². The molecule has 24 heavy (non-hydrogen) atoms. The average Bonchev–Trinajstić information content (AvgIpc) is 2.54. The fraction of sp³-hybridized carbons (Fsp3) is 0.250. The van der Waals surface area contributed by atoms with Gasteiger partial charge in [-0.25, -0.2) is 0 Å². The lowest BCUT2D eigenvalue weighted by Gasteiger charge is -2.07. The van der Waals surface area contributed by atoms with Gasteiger partial charge in [-0.1, -0.05) is 35.4 Å². The van der Waals surface area contributed by atoms with E-state index in [-0.39, 0.29) is 18.1 Å². The average molecular weight is 370 g/mol. The van der Waals surface area contributed by atoms with Crippen molar-refractivity contribution < 1.29 is 25.2 Å². The first-order valence-electron chi connectivity index (χ1n) is 7.13. The van der Waals surface area contributed by atoms with Gasteiger partial charge in [0, 0.05) is 0 Å². The van der Waals surface area contributed by atoms with Crippen LogP contribution in [0.15, 0.2) is 53.4 Å². The molecule has 0 saturated carbocycles. The highest BCUT2D eigenvalue weighted by atomic mass is 32.2. The molecule has 0 aliphatic rings. The Morgan fingerprint density at radius 1 is 0.875 bits per heavy atom. The predicted octanol–water partition coefficient (Wildman–Crippen LogP) is 2.68. The highest BCUT2D eigenvalue weighted by Gasteiger charge is 2.15. The van der Waals surface area contributed by atoms with Gasteiger partial charge in [0.15, 0.2) is 0 Å². The van der Waals surface area contributed by atoms with Crippen molar-refractivity contribution in [1.29, 1.82) is 0 Å². The second-order valence-corrected chi connectivity index (χ2v) is 7.44. The molecule has 1 unspecified atom stereocenters. The molecular weight excluding hydrogens is 352 g/mol. The van der Waals surface area contributed by atoms with Crippen molar-refractivity contribution in [2.75, 3.05) is 13.2 Å². The van der Waals surface area contributed by atoms with Gasteiger partial charge in [0.2, 0.25) is 0 Å². The molecule has 0 aromatic heterocycles. The minimum Gasteiger partial charge on any atom is -0.380 e. The summed E-state index contributed by atoms with van der Waals surface area (Å²) in [5, 5.41) is 0. The van der Waals surface area contributed by atoms with Gasteiger partial charge in [-0.3, -0.25) is 8.37 Å². The van der Waals surface area contributed by atoms with Crippen molar-refractivity contribution in [1.82, 2.24) is 0 Å². The van der Waals surface area contributed by atoms with Gasteiger partial charge < -0.3 is 4.18 Å². The van der Waals surface area contributed by atoms with Crippen LogP contribution in [0.1, 0.15) is 11.1 Å². The van der Waals surface area contributed by atoms with E-state index >= 15 is 0 Å². The Balaban J connectivity index is 1.76. The van der Waals surface area contributed by atoms with Crippen LogP contribution in [0.3, 0.4) is 0 Å². The van der Waals surface area contributed by atoms with E-state index in [4.69, 9.17) is 12.5 Å². The van der Waals surface area contributed by atoms with Crippen LogP contribution in [-0.2, 0) is 29.8 Å². The zero-order valence-corrected chi connectivity index (χ0v) is 14.9. The molecule has 0 aliphatic carbocycles. The first-order valence-corrected chi connectivity index (χ1v) is 9.54. The van der Waals surface area contributed by atoms with Crippen molar-refractivity contribution in [3.8, 4) is 5.75 Å². The van der Waals surface area contributed by atoms with Gasteiger partial charge in [0.05, 0.1) is 18.1 Å². The number of hydrogen-bond acceptors (Lipinski definition) is 6. The summed E-state index contributed by atoms with van der Waals surface area (Å²) in [7, 11) is -3.86. The first kappa shape index (κ1) is 18.6. The molecule has 0 aliphatic heterocycles. The SMILES string of the molecule is Cc1ccc(OS(=O)OCCOS(=O)(=O)c2ccc(C)cc2)cc1. The Morgan fingerprint density at radius 3 is 2.00 bits per heavy atom. The van der Waals surface area contributed by atoms with Crippen LogP contribution in [0.25, 0.3) is 0 Å². The molecule has 0 bridgehead atoms. The fourth-order valence-corrected chi connectivity index (χ4v) is 3.13. The second kappa shape index (κ2) is 8.39. The number of benzene rings is 2. The van der Waals surface area contributed by atoms with E-state index in [2.05, 4.69) is 0 Å². The summed E-state index contributed by atoms with van der Waals surface area (Å²) in [5.41, 5.74) is 1.99. The molecule has 0 spiro atoms. The van der Waals surface area contributed by atoms with Crippen LogP contribution in [0, 0.1) is 13.8 Å². The summed E-state index contributed by atoms with van der Waals surface area (Å²) < 4.78 is 50.2. The van der Waals surface area contributed by atoms with E-state index in [1.807, 2.05) is 26.0 Å². The smallest absolute Gasteiger partial charge is 0.360 e. The molecule has 0 fully saturated rings. The highest BCUT2D eigenvalue weighted by molar-refractivity contribution is 7.86. The molecule has 0 radical (unpaired) electrons. The third kappa shape index (κ3) is 5.72. The quantitative estimate of drug-likeness (QED) is 0.525. The maximum absolute atomic E-state index is 11.9. The monoisotopic (exact) mass is 370 g/mol. The van der Waals surface area contributed by atoms with E-state index in [1.165, 1.54) is 12.1 Å². The van der Waals surface area contributed by atoms with E-state index in [9.17, 15) is 12.6 Å². The fourth-order valence-electron chi connectivity index (χ4n) is 1.72. The summed E-state index contributed by atoms with van der Waals surface area (Å²) in [6.45, 7) is 3.32. The third-order valence-electron chi connectivity index (χ3n) is 3.00. The number of hydrogen-bond donors (Lipinski definition) is 0. The van der Waals surface area contributed by atoms with Gasteiger partial charge in [-0.05, 0) is 38.1 Å².